The molecule has 0 fully saturated rings. The quantitative estimate of drug-likeness (QED) is 0.279. The molecule has 0 aliphatic carbocycles. The molecular formula is C25H33ClN4O5. The van der Waals surface area contributed by atoms with Crippen molar-refractivity contribution < 1.29 is 24.5 Å². The van der Waals surface area contributed by atoms with Crippen LogP contribution in [0.15, 0.2) is 42.7 Å². The van der Waals surface area contributed by atoms with E-state index in [0.717, 1.165) is 17.7 Å². The number of methoxy groups -OCH3 is 1. The third-order valence-corrected chi connectivity index (χ3v) is 5.29. The molecule has 2 aromatic rings. The van der Waals surface area contributed by atoms with Gasteiger partial charge in [-0.3, -0.25) is 9.36 Å². The number of benzene rings is 1. The molecule has 0 radical (unpaired) electrons. The molecule has 0 saturated carbocycles. The molecule has 0 saturated heterocycles. The molecule has 3 rings (SSSR count). The van der Waals surface area contributed by atoms with Crippen LogP contribution in [0.25, 0.3) is 5.69 Å². The number of halogens is 1. The van der Waals surface area contributed by atoms with E-state index in [4.69, 9.17) is 27.2 Å². The van der Waals surface area contributed by atoms with Crippen LogP contribution < -0.4 is 5.73 Å². The number of carboxylic acid groups (broad SMARTS) is 1. The van der Waals surface area contributed by atoms with Gasteiger partial charge in [-0.15, -0.1) is 23.0 Å². The smallest absolute Gasteiger partial charge is 0.306 e. The van der Waals surface area contributed by atoms with Crippen molar-refractivity contribution in [3.8, 4) is 18.5 Å². The molecule has 1 aliphatic heterocycles. The number of nitrogens with zero attached hydrogens (tertiary/aromatic N) is 3. The fourth-order valence-corrected chi connectivity index (χ4v) is 3.60. The van der Waals surface area contributed by atoms with Gasteiger partial charge in [0.2, 0.25) is 0 Å². The Morgan fingerprint density at radius 3 is 2.63 bits per heavy atom. The van der Waals surface area contributed by atoms with Gasteiger partial charge in [-0.1, -0.05) is 44.2 Å². The SMILES string of the molecule is C#C.C=C(CO)OC.CC/C=C\C(C)C1OC(CC(=O)O)c2nnc(CN)n2-c2ccc(Cl)cc21. The Labute approximate surface area is 211 Å². The maximum absolute atomic E-state index is 11.4. The Morgan fingerprint density at radius 2 is 2.11 bits per heavy atom. The molecule has 1 aromatic heterocycles. The van der Waals surface area contributed by atoms with Gasteiger partial charge in [0.15, 0.2) is 11.6 Å². The van der Waals surface area contributed by atoms with E-state index in [1.54, 1.807) is 10.6 Å². The number of carboxylic acids is 1. The summed E-state index contributed by atoms with van der Waals surface area (Å²) in [6.45, 7) is 7.50. The highest BCUT2D eigenvalue weighted by atomic mass is 35.5. The number of terminal acetylenes is 1. The molecule has 4 N–H and O–H groups in total. The predicted octanol–water partition coefficient (Wildman–Crippen LogP) is 3.96. The Morgan fingerprint density at radius 1 is 1.43 bits per heavy atom. The topological polar surface area (TPSA) is 133 Å². The molecule has 35 heavy (non-hydrogen) atoms. The van der Waals surface area contributed by atoms with Crippen LogP contribution in [0, 0.1) is 18.8 Å². The maximum Gasteiger partial charge on any atom is 0.306 e. The van der Waals surface area contributed by atoms with Crippen molar-refractivity contribution in [2.45, 2.75) is 45.4 Å². The number of ether oxygens (including phenoxy) is 2. The van der Waals surface area contributed by atoms with E-state index in [9.17, 15) is 9.90 Å². The number of carbonyl (C=O) groups is 1. The minimum Gasteiger partial charge on any atom is -0.499 e. The van der Waals surface area contributed by atoms with Crippen molar-refractivity contribution in [3.63, 3.8) is 0 Å². The molecule has 1 aromatic carbocycles. The highest BCUT2D eigenvalue weighted by molar-refractivity contribution is 6.30. The van der Waals surface area contributed by atoms with Crippen molar-refractivity contribution in [1.82, 2.24) is 14.8 Å². The minimum absolute atomic E-state index is 0.0114. The van der Waals surface area contributed by atoms with Crippen LogP contribution in [0.4, 0.5) is 0 Å². The third kappa shape index (κ3) is 7.94. The number of allylic oxidation sites excluding steroid dienone is 1. The van der Waals surface area contributed by atoms with Gasteiger partial charge in [-0.05, 0) is 24.6 Å². The number of hydrogen-bond acceptors (Lipinski definition) is 7. The summed E-state index contributed by atoms with van der Waals surface area (Å²) in [5.74, 6) is 0.427. The van der Waals surface area contributed by atoms with E-state index < -0.39 is 12.1 Å². The van der Waals surface area contributed by atoms with Crippen molar-refractivity contribution in [3.05, 3.63) is 64.9 Å². The van der Waals surface area contributed by atoms with Crippen LogP contribution in [0.1, 0.15) is 56.1 Å². The first-order chi connectivity index (χ1) is 16.8. The lowest BCUT2D eigenvalue weighted by Gasteiger charge is -2.25. The summed E-state index contributed by atoms with van der Waals surface area (Å²) in [7, 11) is 1.47. The van der Waals surface area contributed by atoms with E-state index in [1.165, 1.54) is 7.11 Å². The Hall–Kier alpha value is -3.16. The monoisotopic (exact) mass is 504 g/mol. The first kappa shape index (κ1) is 29.9. The fraction of sp³-hybridized carbons (Fsp3) is 0.400. The van der Waals surface area contributed by atoms with Crippen LogP contribution in [0.5, 0.6) is 0 Å². The van der Waals surface area contributed by atoms with Gasteiger partial charge in [-0.2, -0.15) is 0 Å². The number of aliphatic hydroxyl groups is 1. The molecule has 190 valence electrons. The first-order valence-corrected chi connectivity index (χ1v) is 11.3. The maximum atomic E-state index is 11.4. The van der Waals surface area contributed by atoms with Gasteiger partial charge in [0.1, 0.15) is 11.9 Å². The second kappa shape index (κ2) is 15.0. The summed E-state index contributed by atoms with van der Waals surface area (Å²) in [5, 5.41) is 26.4. The lowest BCUT2D eigenvalue weighted by molar-refractivity contribution is -0.142. The number of fused-ring (bicyclic) bond motifs is 3. The molecule has 0 amide bonds. The van der Waals surface area contributed by atoms with E-state index in [0.29, 0.717) is 22.4 Å². The molecule has 9 nitrogen and oxygen atoms in total. The van der Waals surface area contributed by atoms with Gasteiger partial charge in [-0.25, -0.2) is 0 Å². The lowest BCUT2D eigenvalue weighted by Crippen LogP contribution is -2.17. The minimum atomic E-state index is -0.969. The number of rotatable bonds is 8. The van der Waals surface area contributed by atoms with Crippen LogP contribution in [-0.2, 0) is 20.8 Å². The van der Waals surface area contributed by atoms with Crippen LogP contribution in [0.2, 0.25) is 5.02 Å². The number of aliphatic carboxylic acids is 1. The lowest BCUT2D eigenvalue weighted by atomic mass is 9.95. The summed E-state index contributed by atoms with van der Waals surface area (Å²) >= 11 is 6.27. The van der Waals surface area contributed by atoms with E-state index in [2.05, 4.69) is 53.4 Å². The molecule has 0 bridgehead atoms. The van der Waals surface area contributed by atoms with E-state index in [1.807, 2.05) is 19.1 Å². The second-order valence-electron chi connectivity index (χ2n) is 7.46. The standard InChI is InChI=1S/C19H23ClN4O3.C4H8O2.C2H2/c1-3-4-5-11(2)18-13-8-12(20)6-7-14(13)24-16(10-21)22-23-19(24)15(27-18)9-17(25)26;1-4(3-5)6-2;1-2/h4-8,11,15,18H,3,9-10,21H2,1-2H3,(H,25,26);5H,1,3H2,2H3;1-2H/b5-4-;;. The highest BCUT2D eigenvalue weighted by Gasteiger charge is 2.35. The van der Waals surface area contributed by atoms with Crippen molar-refractivity contribution >= 4 is 17.6 Å². The van der Waals surface area contributed by atoms with E-state index >= 15 is 0 Å². The Kier molecular flexibility index (Phi) is 12.8. The zero-order valence-corrected chi connectivity index (χ0v) is 21.0. The van der Waals surface area contributed by atoms with Crippen molar-refractivity contribution in [2.24, 2.45) is 11.7 Å². The second-order valence-corrected chi connectivity index (χ2v) is 7.89. The highest BCUT2D eigenvalue weighted by Crippen LogP contribution is 2.42. The molecule has 3 atom stereocenters. The predicted molar refractivity (Wildman–Crippen MR) is 135 cm³/mol. The summed E-state index contributed by atoms with van der Waals surface area (Å²) < 4.78 is 12.5. The summed E-state index contributed by atoms with van der Waals surface area (Å²) in [4.78, 5) is 11.4. The Bertz CT molecular complexity index is 1030. The van der Waals surface area contributed by atoms with Gasteiger partial charge >= 0.3 is 5.97 Å². The van der Waals surface area contributed by atoms with Gasteiger partial charge in [0, 0.05) is 16.5 Å². The first-order valence-electron chi connectivity index (χ1n) is 10.9. The number of hydrogen-bond donors (Lipinski definition) is 3. The normalized spacial score (nSPS) is 16.9. The number of aromatic nitrogens is 3. The van der Waals surface area contributed by atoms with Crippen molar-refractivity contribution in [1.29, 1.82) is 0 Å². The summed E-state index contributed by atoms with van der Waals surface area (Å²) in [6, 6.07) is 5.51. The molecule has 1 aliphatic rings. The fourth-order valence-electron chi connectivity index (χ4n) is 3.42. The summed E-state index contributed by atoms with van der Waals surface area (Å²) in [5.41, 5.74) is 7.52. The number of nitrogens with two attached hydrogens (primary N) is 1. The van der Waals surface area contributed by atoms with Crippen LogP contribution >= 0.6 is 11.6 Å². The van der Waals surface area contributed by atoms with E-state index in [-0.39, 0.29) is 31.6 Å². The molecule has 3 unspecified atom stereocenters. The average Bonchev–Trinajstić information content (AvgIpc) is 3.24. The summed E-state index contributed by atoms with van der Waals surface area (Å²) in [6.07, 6.45) is 11.7. The van der Waals surface area contributed by atoms with Gasteiger partial charge in [0.25, 0.3) is 0 Å². The molecule has 2 heterocycles. The van der Waals surface area contributed by atoms with Crippen LogP contribution in [0.3, 0.4) is 0 Å². The number of aliphatic hydroxyl groups excluding tert-OH is 1. The molecule has 10 heteroatoms. The van der Waals surface area contributed by atoms with Crippen LogP contribution in [-0.4, -0.2) is 44.7 Å². The Balaban J connectivity index is 0.000000670. The zero-order chi connectivity index (χ0) is 26.5. The zero-order valence-electron chi connectivity index (χ0n) is 20.2. The van der Waals surface area contributed by atoms with Gasteiger partial charge < -0.3 is 25.4 Å². The van der Waals surface area contributed by atoms with Crippen molar-refractivity contribution in [2.75, 3.05) is 13.7 Å². The molecule has 0 spiro atoms. The largest absolute Gasteiger partial charge is 0.499 e. The average molecular weight is 505 g/mol. The molecular weight excluding hydrogens is 472 g/mol. The van der Waals surface area contributed by atoms with Gasteiger partial charge in [0.05, 0.1) is 38.5 Å². The third-order valence-electron chi connectivity index (χ3n) is 5.05.